The van der Waals surface area contributed by atoms with Gasteiger partial charge >= 0.3 is 0 Å². The van der Waals surface area contributed by atoms with E-state index < -0.39 is 0 Å². The molecule has 1 unspecified atom stereocenters. The number of hydrogen-bond acceptors (Lipinski definition) is 3. The fraction of sp³-hybridized carbons (Fsp3) is 0.538. The summed E-state index contributed by atoms with van der Waals surface area (Å²) in [6.07, 6.45) is 4.02. The van der Waals surface area contributed by atoms with Crippen LogP contribution < -0.4 is 11.1 Å². The first-order chi connectivity index (χ1) is 8.25. The van der Waals surface area contributed by atoms with Gasteiger partial charge in [0.25, 0.3) is 0 Å². The van der Waals surface area contributed by atoms with Crippen LogP contribution in [-0.4, -0.2) is 19.3 Å². The highest BCUT2D eigenvalue weighted by molar-refractivity contribution is 9.10. The lowest BCUT2D eigenvalue weighted by Crippen LogP contribution is -2.19. The molecule has 3 nitrogen and oxygen atoms in total. The second kappa shape index (κ2) is 6.38. The summed E-state index contributed by atoms with van der Waals surface area (Å²) in [7, 11) is 0. The smallest absolute Gasteiger partial charge is 0.0588 e. The lowest BCUT2D eigenvalue weighted by Gasteiger charge is -2.10. The maximum Gasteiger partial charge on any atom is 0.0588 e. The van der Waals surface area contributed by atoms with Crippen LogP contribution in [0, 0.1) is 0 Å². The molecule has 1 aromatic rings. The average Bonchev–Trinajstić information content (AvgIpc) is 2.82. The molecule has 1 aromatic carbocycles. The van der Waals surface area contributed by atoms with Gasteiger partial charge in [-0.1, -0.05) is 6.07 Å². The van der Waals surface area contributed by atoms with Crippen molar-refractivity contribution in [1.29, 1.82) is 0 Å². The van der Waals surface area contributed by atoms with Gasteiger partial charge in [0.15, 0.2) is 0 Å². The van der Waals surface area contributed by atoms with E-state index in [-0.39, 0.29) is 0 Å². The predicted octanol–water partition coefficient (Wildman–Crippen LogP) is 2.69. The summed E-state index contributed by atoms with van der Waals surface area (Å²) in [5.41, 5.74) is 7.78. The molecular weight excluding hydrogens is 280 g/mol. The van der Waals surface area contributed by atoms with E-state index in [4.69, 9.17) is 10.5 Å². The third-order valence-electron chi connectivity index (χ3n) is 3.06. The largest absolute Gasteiger partial charge is 0.398 e. The van der Waals surface area contributed by atoms with E-state index in [0.29, 0.717) is 6.10 Å². The molecule has 4 heteroatoms. The Hall–Kier alpha value is -0.580. The molecule has 0 spiro atoms. The molecule has 1 aliphatic rings. The zero-order valence-corrected chi connectivity index (χ0v) is 11.5. The van der Waals surface area contributed by atoms with Crippen molar-refractivity contribution in [1.82, 2.24) is 5.32 Å². The molecule has 0 aliphatic carbocycles. The third-order valence-corrected chi connectivity index (χ3v) is 3.75. The Morgan fingerprint density at radius 2 is 2.35 bits per heavy atom. The summed E-state index contributed by atoms with van der Waals surface area (Å²) in [6.45, 7) is 2.83. The number of hydrogen-bond donors (Lipinski definition) is 2. The lowest BCUT2D eigenvalue weighted by atomic mass is 10.1. The first-order valence-corrected chi connectivity index (χ1v) is 6.91. The van der Waals surface area contributed by atoms with Gasteiger partial charge in [-0.05, 0) is 59.4 Å². The molecule has 3 N–H and O–H groups in total. The maximum atomic E-state index is 5.74. The van der Waals surface area contributed by atoms with Gasteiger partial charge in [0.05, 0.1) is 6.10 Å². The van der Waals surface area contributed by atoms with Gasteiger partial charge in [-0.25, -0.2) is 0 Å². The second-order valence-corrected chi connectivity index (χ2v) is 5.31. The standard InChI is InChI=1S/C13H19BrN2O/c14-12-8-10(3-4-13(12)15)9-16-6-5-11-2-1-7-17-11/h3-4,8,11,16H,1-2,5-7,9,15H2. The van der Waals surface area contributed by atoms with Crippen LogP contribution in [0.15, 0.2) is 22.7 Å². The Balaban J connectivity index is 1.68. The van der Waals surface area contributed by atoms with E-state index in [1.807, 2.05) is 6.07 Å². The summed E-state index contributed by atoms with van der Waals surface area (Å²) < 4.78 is 6.54. The van der Waals surface area contributed by atoms with E-state index in [9.17, 15) is 0 Å². The molecule has 1 atom stereocenters. The number of nitrogens with one attached hydrogen (secondary N) is 1. The number of anilines is 1. The van der Waals surface area contributed by atoms with Gasteiger partial charge in [0, 0.05) is 23.3 Å². The van der Waals surface area contributed by atoms with Crippen LogP contribution in [0.25, 0.3) is 0 Å². The summed E-state index contributed by atoms with van der Waals surface area (Å²) >= 11 is 3.44. The Kier molecular flexibility index (Phi) is 4.83. The summed E-state index contributed by atoms with van der Waals surface area (Å²) in [4.78, 5) is 0. The Morgan fingerprint density at radius 1 is 1.47 bits per heavy atom. The molecule has 0 radical (unpaired) electrons. The fourth-order valence-corrected chi connectivity index (χ4v) is 2.47. The number of benzene rings is 1. The third kappa shape index (κ3) is 3.98. The highest BCUT2D eigenvalue weighted by Gasteiger charge is 2.14. The predicted molar refractivity (Wildman–Crippen MR) is 73.9 cm³/mol. The summed E-state index contributed by atoms with van der Waals surface area (Å²) in [5, 5.41) is 3.43. The summed E-state index contributed by atoms with van der Waals surface area (Å²) in [5.74, 6) is 0. The van der Waals surface area contributed by atoms with Crippen LogP contribution in [0.2, 0.25) is 0 Å². The van der Waals surface area contributed by atoms with Crippen LogP contribution in [-0.2, 0) is 11.3 Å². The van der Waals surface area contributed by atoms with Crippen molar-refractivity contribution in [2.24, 2.45) is 0 Å². The zero-order chi connectivity index (χ0) is 12.1. The highest BCUT2D eigenvalue weighted by Crippen LogP contribution is 2.20. The van der Waals surface area contributed by atoms with E-state index in [1.54, 1.807) is 0 Å². The lowest BCUT2D eigenvalue weighted by molar-refractivity contribution is 0.104. The zero-order valence-electron chi connectivity index (χ0n) is 9.92. The molecule has 2 rings (SSSR count). The highest BCUT2D eigenvalue weighted by atomic mass is 79.9. The van der Waals surface area contributed by atoms with Crippen LogP contribution >= 0.6 is 15.9 Å². The van der Waals surface area contributed by atoms with Crippen molar-refractivity contribution in [3.8, 4) is 0 Å². The van der Waals surface area contributed by atoms with Crippen molar-refractivity contribution >= 4 is 21.6 Å². The molecule has 94 valence electrons. The monoisotopic (exact) mass is 298 g/mol. The van der Waals surface area contributed by atoms with E-state index in [1.165, 1.54) is 18.4 Å². The van der Waals surface area contributed by atoms with E-state index in [0.717, 1.165) is 36.3 Å². The number of rotatable bonds is 5. The molecule has 1 fully saturated rings. The minimum atomic E-state index is 0.473. The number of nitrogens with two attached hydrogens (primary N) is 1. The Bertz CT molecular complexity index is 364. The van der Waals surface area contributed by atoms with Crippen molar-refractivity contribution in [3.05, 3.63) is 28.2 Å². The van der Waals surface area contributed by atoms with E-state index >= 15 is 0 Å². The molecule has 0 saturated carbocycles. The van der Waals surface area contributed by atoms with Crippen LogP contribution in [0.1, 0.15) is 24.8 Å². The van der Waals surface area contributed by atoms with Crippen molar-refractivity contribution in [3.63, 3.8) is 0 Å². The minimum absolute atomic E-state index is 0.473. The quantitative estimate of drug-likeness (QED) is 0.649. The average molecular weight is 299 g/mol. The normalized spacial score (nSPS) is 19.7. The van der Waals surface area contributed by atoms with Crippen molar-refractivity contribution in [2.45, 2.75) is 31.9 Å². The van der Waals surface area contributed by atoms with Gasteiger partial charge < -0.3 is 15.8 Å². The van der Waals surface area contributed by atoms with Gasteiger partial charge in [-0.2, -0.15) is 0 Å². The van der Waals surface area contributed by atoms with Gasteiger partial charge in [-0.3, -0.25) is 0 Å². The van der Waals surface area contributed by atoms with Crippen LogP contribution in [0.3, 0.4) is 0 Å². The SMILES string of the molecule is Nc1ccc(CNCCC2CCCO2)cc1Br. The molecule has 0 amide bonds. The molecule has 1 saturated heterocycles. The molecule has 1 aliphatic heterocycles. The first-order valence-electron chi connectivity index (χ1n) is 6.12. The molecule has 1 heterocycles. The fourth-order valence-electron chi connectivity index (χ4n) is 2.05. The van der Waals surface area contributed by atoms with Gasteiger partial charge in [0.1, 0.15) is 0 Å². The topological polar surface area (TPSA) is 47.3 Å². The van der Waals surface area contributed by atoms with Gasteiger partial charge in [-0.15, -0.1) is 0 Å². The molecule has 0 bridgehead atoms. The second-order valence-electron chi connectivity index (χ2n) is 4.46. The summed E-state index contributed by atoms with van der Waals surface area (Å²) in [6, 6.07) is 6.05. The first kappa shape index (κ1) is 12.9. The maximum absolute atomic E-state index is 5.74. The Labute approximate surface area is 111 Å². The van der Waals surface area contributed by atoms with Crippen molar-refractivity contribution < 1.29 is 4.74 Å². The minimum Gasteiger partial charge on any atom is -0.398 e. The van der Waals surface area contributed by atoms with Crippen LogP contribution in [0.5, 0.6) is 0 Å². The number of halogens is 1. The van der Waals surface area contributed by atoms with Gasteiger partial charge in [0.2, 0.25) is 0 Å². The van der Waals surface area contributed by atoms with E-state index in [2.05, 4.69) is 33.4 Å². The molecule has 0 aromatic heterocycles. The molecular formula is C13H19BrN2O. The number of ether oxygens (including phenoxy) is 1. The Morgan fingerprint density at radius 3 is 3.06 bits per heavy atom. The van der Waals surface area contributed by atoms with Crippen molar-refractivity contribution in [2.75, 3.05) is 18.9 Å². The number of nitrogen functional groups attached to an aromatic ring is 1. The van der Waals surface area contributed by atoms with Crippen LogP contribution in [0.4, 0.5) is 5.69 Å². The molecule has 17 heavy (non-hydrogen) atoms.